The second kappa shape index (κ2) is 9.70. The number of aliphatic hydroxyl groups excluding tert-OH is 1. The van der Waals surface area contributed by atoms with E-state index in [1.807, 2.05) is 25.1 Å². The number of allylic oxidation sites excluding steroid dienone is 2. The maximum atomic E-state index is 11.0. The van der Waals surface area contributed by atoms with Gasteiger partial charge in [-0.25, -0.2) is 0 Å². The number of phenolic OH excluding ortho intramolecular Hbond substituents is 2. The van der Waals surface area contributed by atoms with Gasteiger partial charge in [0.2, 0.25) is 0 Å². The first-order chi connectivity index (χ1) is 13.9. The summed E-state index contributed by atoms with van der Waals surface area (Å²) >= 11 is 3.50. The van der Waals surface area contributed by atoms with E-state index in [0.29, 0.717) is 5.56 Å². The molecule has 1 saturated carbocycles. The van der Waals surface area contributed by atoms with E-state index >= 15 is 0 Å². The smallest absolute Gasteiger partial charge is 0.123 e. The van der Waals surface area contributed by atoms with Gasteiger partial charge in [0, 0.05) is 16.8 Å². The van der Waals surface area contributed by atoms with Crippen molar-refractivity contribution >= 4 is 15.9 Å². The molecule has 1 aromatic rings. The monoisotopic (exact) mass is 462 g/mol. The minimum absolute atomic E-state index is 0.0243. The first kappa shape index (κ1) is 22.4. The molecule has 2 aliphatic rings. The summed E-state index contributed by atoms with van der Waals surface area (Å²) in [5.74, 6) is 0.375. The molecule has 4 heteroatoms. The van der Waals surface area contributed by atoms with E-state index in [-0.39, 0.29) is 35.4 Å². The van der Waals surface area contributed by atoms with Crippen molar-refractivity contribution in [2.75, 3.05) is 11.9 Å². The highest BCUT2D eigenvalue weighted by Gasteiger charge is 2.39. The minimum Gasteiger partial charge on any atom is -0.507 e. The van der Waals surface area contributed by atoms with Gasteiger partial charge in [0.05, 0.1) is 6.61 Å². The van der Waals surface area contributed by atoms with Gasteiger partial charge in [0.15, 0.2) is 0 Å². The largest absolute Gasteiger partial charge is 0.507 e. The van der Waals surface area contributed by atoms with E-state index in [1.165, 1.54) is 25.7 Å². The van der Waals surface area contributed by atoms with Gasteiger partial charge in [-0.05, 0) is 80.1 Å². The zero-order chi connectivity index (χ0) is 21.0. The number of benzene rings is 1. The lowest BCUT2D eigenvalue weighted by Crippen LogP contribution is -2.34. The van der Waals surface area contributed by atoms with Crippen LogP contribution in [-0.2, 0) is 5.41 Å². The van der Waals surface area contributed by atoms with Crippen molar-refractivity contribution in [3.8, 4) is 11.5 Å². The standard InChI is InChI=1S/C25H35BrO3/c1-17(2)20-8-7-18(16-27)13-21(20)24-22(28)14-19(15-23(24)29)25(10-6-11-25)9-4-3-5-12-26/h13-15,20-21,27-29H,1,3-12,16H2,2H3. The Balaban J connectivity index is 1.91. The van der Waals surface area contributed by atoms with E-state index in [1.54, 1.807) is 0 Å². The summed E-state index contributed by atoms with van der Waals surface area (Å²) in [4.78, 5) is 0. The average Bonchev–Trinajstić information content (AvgIpc) is 2.66. The van der Waals surface area contributed by atoms with E-state index in [4.69, 9.17) is 0 Å². The number of halogens is 1. The van der Waals surface area contributed by atoms with Gasteiger partial charge in [-0.2, -0.15) is 0 Å². The van der Waals surface area contributed by atoms with E-state index < -0.39 is 0 Å². The number of unbranched alkanes of at least 4 members (excludes halogenated alkanes) is 2. The molecule has 2 atom stereocenters. The van der Waals surface area contributed by atoms with Crippen molar-refractivity contribution in [2.45, 2.75) is 76.0 Å². The van der Waals surface area contributed by atoms with Crippen LogP contribution in [0.2, 0.25) is 0 Å². The molecule has 0 radical (unpaired) electrons. The third-order valence-electron chi connectivity index (χ3n) is 7.14. The molecule has 0 bridgehead atoms. The summed E-state index contributed by atoms with van der Waals surface area (Å²) < 4.78 is 0. The molecule has 29 heavy (non-hydrogen) atoms. The third-order valence-corrected chi connectivity index (χ3v) is 7.70. The summed E-state index contributed by atoms with van der Waals surface area (Å²) in [6, 6.07) is 3.80. The second-order valence-electron chi connectivity index (χ2n) is 9.06. The van der Waals surface area contributed by atoms with Crippen LogP contribution in [0.3, 0.4) is 0 Å². The lowest BCUT2D eigenvalue weighted by Gasteiger charge is -2.43. The Labute approximate surface area is 183 Å². The van der Waals surface area contributed by atoms with Crippen LogP contribution in [0.4, 0.5) is 0 Å². The van der Waals surface area contributed by atoms with Gasteiger partial charge in [-0.1, -0.05) is 53.4 Å². The minimum atomic E-state index is -0.145. The first-order valence-corrected chi connectivity index (χ1v) is 12.1. The van der Waals surface area contributed by atoms with E-state index in [9.17, 15) is 15.3 Å². The van der Waals surface area contributed by atoms with Crippen molar-refractivity contribution in [3.05, 3.63) is 47.1 Å². The van der Waals surface area contributed by atoms with Crippen molar-refractivity contribution in [2.24, 2.45) is 5.92 Å². The molecule has 1 aromatic carbocycles. The van der Waals surface area contributed by atoms with Crippen LogP contribution in [0, 0.1) is 5.92 Å². The number of hydrogen-bond acceptors (Lipinski definition) is 3. The maximum Gasteiger partial charge on any atom is 0.123 e. The predicted octanol–water partition coefficient (Wildman–Crippen LogP) is 6.46. The fraction of sp³-hybridized carbons (Fsp3) is 0.600. The quantitative estimate of drug-likeness (QED) is 0.224. The molecule has 0 saturated heterocycles. The fourth-order valence-corrected chi connectivity index (χ4v) is 5.63. The Morgan fingerprint density at radius 1 is 1.17 bits per heavy atom. The molecule has 0 aromatic heterocycles. The molecule has 0 heterocycles. The zero-order valence-electron chi connectivity index (χ0n) is 17.6. The molecule has 3 nitrogen and oxygen atoms in total. The Morgan fingerprint density at radius 2 is 1.86 bits per heavy atom. The molecule has 1 fully saturated rings. The van der Waals surface area contributed by atoms with Crippen molar-refractivity contribution < 1.29 is 15.3 Å². The zero-order valence-corrected chi connectivity index (χ0v) is 19.2. The molecule has 0 spiro atoms. The van der Waals surface area contributed by atoms with Crippen LogP contribution in [0.25, 0.3) is 0 Å². The normalized spacial score (nSPS) is 23.3. The maximum absolute atomic E-state index is 11.0. The van der Waals surface area contributed by atoms with Crippen molar-refractivity contribution in [3.63, 3.8) is 0 Å². The number of rotatable bonds is 9. The summed E-state index contributed by atoms with van der Waals surface area (Å²) in [5.41, 5.74) is 3.79. The topological polar surface area (TPSA) is 60.7 Å². The molecule has 160 valence electrons. The Morgan fingerprint density at radius 3 is 2.38 bits per heavy atom. The van der Waals surface area contributed by atoms with E-state index in [2.05, 4.69) is 22.5 Å². The van der Waals surface area contributed by atoms with Gasteiger partial charge in [0.25, 0.3) is 0 Å². The van der Waals surface area contributed by atoms with Crippen LogP contribution < -0.4 is 0 Å². The van der Waals surface area contributed by atoms with Crippen LogP contribution in [0.15, 0.2) is 35.9 Å². The Hall–Kier alpha value is -1.26. The van der Waals surface area contributed by atoms with Crippen LogP contribution in [-0.4, -0.2) is 27.3 Å². The average molecular weight is 463 g/mol. The van der Waals surface area contributed by atoms with Crippen molar-refractivity contribution in [1.29, 1.82) is 0 Å². The van der Waals surface area contributed by atoms with Crippen LogP contribution in [0.5, 0.6) is 11.5 Å². The van der Waals surface area contributed by atoms with Crippen LogP contribution in [0.1, 0.15) is 81.8 Å². The fourth-order valence-electron chi connectivity index (χ4n) is 5.23. The Kier molecular flexibility index (Phi) is 7.50. The summed E-state index contributed by atoms with van der Waals surface area (Å²) in [7, 11) is 0. The lowest BCUT2D eigenvalue weighted by atomic mass is 9.61. The summed E-state index contributed by atoms with van der Waals surface area (Å²) in [6.45, 7) is 6.17. The number of alkyl halides is 1. The van der Waals surface area contributed by atoms with Crippen LogP contribution >= 0.6 is 15.9 Å². The molecule has 3 rings (SSSR count). The number of hydrogen-bond donors (Lipinski definition) is 3. The molecule has 0 aliphatic heterocycles. The number of phenols is 2. The highest BCUT2D eigenvalue weighted by Crippen LogP contribution is 2.52. The van der Waals surface area contributed by atoms with Gasteiger partial charge in [-0.3, -0.25) is 0 Å². The third kappa shape index (κ3) is 4.74. The van der Waals surface area contributed by atoms with Gasteiger partial charge in [-0.15, -0.1) is 0 Å². The van der Waals surface area contributed by atoms with E-state index in [0.717, 1.165) is 54.1 Å². The number of aromatic hydroxyl groups is 2. The summed E-state index contributed by atoms with van der Waals surface area (Å²) in [5, 5.41) is 32.6. The van der Waals surface area contributed by atoms with Gasteiger partial charge in [0.1, 0.15) is 11.5 Å². The Bertz CT molecular complexity index is 740. The SMILES string of the molecule is C=C(C)C1CCC(CO)=CC1c1c(O)cc(C2(CCCCCBr)CCC2)cc1O. The number of aliphatic hydroxyl groups is 1. The van der Waals surface area contributed by atoms with Gasteiger partial charge < -0.3 is 15.3 Å². The van der Waals surface area contributed by atoms with Gasteiger partial charge >= 0.3 is 0 Å². The van der Waals surface area contributed by atoms with Crippen molar-refractivity contribution in [1.82, 2.24) is 0 Å². The second-order valence-corrected chi connectivity index (χ2v) is 9.86. The highest BCUT2D eigenvalue weighted by atomic mass is 79.9. The first-order valence-electron chi connectivity index (χ1n) is 11.0. The molecular formula is C25H35BrO3. The molecule has 3 N–H and O–H groups in total. The summed E-state index contributed by atoms with van der Waals surface area (Å²) in [6.07, 6.45) is 11.9. The molecule has 2 unspecified atom stereocenters. The lowest BCUT2D eigenvalue weighted by molar-refractivity contribution is 0.217. The molecular weight excluding hydrogens is 428 g/mol. The molecule has 0 amide bonds. The molecule has 2 aliphatic carbocycles. The highest BCUT2D eigenvalue weighted by molar-refractivity contribution is 9.09. The predicted molar refractivity (Wildman–Crippen MR) is 123 cm³/mol.